The van der Waals surface area contributed by atoms with Gasteiger partial charge in [-0.3, -0.25) is 4.79 Å². The molecule has 3 rings (SSSR count). The average Bonchev–Trinajstić information content (AvgIpc) is 2.72. The van der Waals surface area contributed by atoms with Crippen LogP contribution in [-0.2, 0) is 12.8 Å². The quantitative estimate of drug-likeness (QED) is 0.486. The van der Waals surface area contributed by atoms with Gasteiger partial charge in [0.15, 0.2) is 5.16 Å². The SMILES string of the molecule is CSc1nc2sc3c(c2c(=O)n1N)CCCC3. The van der Waals surface area contributed by atoms with Crippen molar-refractivity contribution < 1.29 is 0 Å². The Balaban J connectivity index is 2.39. The Labute approximate surface area is 107 Å². The summed E-state index contributed by atoms with van der Waals surface area (Å²) in [6.07, 6.45) is 6.32. The Morgan fingerprint density at radius 2 is 2.18 bits per heavy atom. The molecule has 2 aromatic heterocycles. The number of hydrogen-bond acceptors (Lipinski definition) is 5. The highest BCUT2D eigenvalue weighted by atomic mass is 32.2. The minimum Gasteiger partial charge on any atom is -0.334 e. The lowest BCUT2D eigenvalue weighted by molar-refractivity contribution is 0.698. The predicted octanol–water partition coefficient (Wildman–Crippen LogP) is 1.77. The molecule has 0 aliphatic heterocycles. The molecular weight excluding hydrogens is 254 g/mol. The lowest BCUT2D eigenvalue weighted by atomic mass is 9.97. The number of fused-ring (bicyclic) bond motifs is 3. The molecule has 0 atom stereocenters. The van der Waals surface area contributed by atoms with E-state index >= 15 is 0 Å². The molecule has 0 unspecified atom stereocenters. The van der Waals surface area contributed by atoms with Gasteiger partial charge in [-0.05, 0) is 37.5 Å². The fraction of sp³-hybridized carbons (Fsp3) is 0.455. The Hall–Kier alpha value is -1.01. The van der Waals surface area contributed by atoms with Crippen LogP contribution >= 0.6 is 23.1 Å². The minimum atomic E-state index is -0.0984. The van der Waals surface area contributed by atoms with Crippen LogP contribution in [0.15, 0.2) is 9.95 Å². The Kier molecular flexibility index (Phi) is 2.63. The van der Waals surface area contributed by atoms with Crippen molar-refractivity contribution in [1.82, 2.24) is 9.66 Å². The van der Waals surface area contributed by atoms with E-state index in [2.05, 4.69) is 4.98 Å². The summed E-state index contributed by atoms with van der Waals surface area (Å²) >= 11 is 3.06. The van der Waals surface area contributed by atoms with Crippen molar-refractivity contribution in [2.75, 3.05) is 12.1 Å². The van der Waals surface area contributed by atoms with Crippen LogP contribution < -0.4 is 11.4 Å². The molecule has 17 heavy (non-hydrogen) atoms. The summed E-state index contributed by atoms with van der Waals surface area (Å²) in [7, 11) is 0. The monoisotopic (exact) mass is 267 g/mol. The molecule has 1 aliphatic rings. The maximum absolute atomic E-state index is 12.2. The van der Waals surface area contributed by atoms with Crippen molar-refractivity contribution in [3.63, 3.8) is 0 Å². The maximum atomic E-state index is 12.2. The van der Waals surface area contributed by atoms with Crippen LogP contribution in [0, 0.1) is 0 Å². The summed E-state index contributed by atoms with van der Waals surface area (Å²) in [4.78, 5) is 18.9. The smallest absolute Gasteiger partial charge is 0.281 e. The van der Waals surface area contributed by atoms with Gasteiger partial charge in [-0.2, -0.15) is 0 Å². The van der Waals surface area contributed by atoms with E-state index in [-0.39, 0.29) is 5.56 Å². The van der Waals surface area contributed by atoms with Crippen LogP contribution in [0.25, 0.3) is 10.2 Å². The third kappa shape index (κ3) is 1.58. The van der Waals surface area contributed by atoms with E-state index in [9.17, 15) is 4.79 Å². The van der Waals surface area contributed by atoms with Gasteiger partial charge in [0.2, 0.25) is 0 Å². The molecule has 2 heterocycles. The minimum absolute atomic E-state index is 0.0984. The number of aromatic nitrogens is 2. The predicted molar refractivity (Wildman–Crippen MR) is 72.5 cm³/mol. The summed E-state index contributed by atoms with van der Waals surface area (Å²) in [5, 5.41) is 1.34. The zero-order chi connectivity index (χ0) is 12.0. The summed E-state index contributed by atoms with van der Waals surface area (Å²) < 4.78 is 1.18. The highest BCUT2D eigenvalue weighted by Crippen LogP contribution is 2.34. The van der Waals surface area contributed by atoms with E-state index in [1.54, 1.807) is 11.3 Å². The standard InChI is InChI=1S/C11H13N3OS2/c1-16-11-13-9-8(10(15)14(11)12)6-4-2-3-5-7(6)17-9/h2-5,12H2,1H3. The summed E-state index contributed by atoms with van der Waals surface area (Å²) in [5.74, 6) is 5.78. The normalized spacial score (nSPS) is 15.1. The van der Waals surface area contributed by atoms with E-state index in [4.69, 9.17) is 5.84 Å². The van der Waals surface area contributed by atoms with Crippen LogP contribution in [0.4, 0.5) is 0 Å². The first-order chi connectivity index (χ1) is 8.22. The van der Waals surface area contributed by atoms with Gasteiger partial charge in [-0.25, -0.2) is 9.66 Å². The van der Waals surface area contributed by atoms with Crippen molar-refractivity contribution in [3.8, 4) is 0 Å². The Morgan fingerprint density at radius 3 is 2.94 bits per heavy atom. The van der Waals surface area contributed by atoms with E-state index in [0.29, 0.717) is 5.16 Å². The molecule has 0 amide bonds. The molecular formula is C11H13N3OS2. The van der Waals surface area contributed by atoms with E-state index in [1.165, 1.54) is 33.3 Å². The zero-order valence-corrected chi connectivity index (χ0v) is 11.2. The topological polar surface area (TPSA) is 60.9 Å². The second kappa shape index (κ2) is 4.03. The summed E-state index contributed by atoms with van der Waals surface area (Å²) in [6.45, 7) is 0. The lowest BCUT2D eigenvalue weighted by Crippen LogP contribution is -2.29. The van der Waals surface area contributed by atoms with Gasteiger partial charge >= 0.3 is 0 Å². The van der Waals surface area contributed by atoms with Crippen molar-refractivity contribution >= 4 is 33.3 Å². The number of nitrogens with two attached hydrogens (primary N) is 1. The third-order valence-corrected chi connectivity index (χ3v) is 5.01. The molecule has 0 saturated carbocycles. The molecule has 0 spiro atoms. The second-order valence-electron chi connectivity index (χ2n) is 4.16. The molecule has 2 N–H and O–H groups in total. The molecule has 0 bridgehead atoms. The molecule has 6 heteroatoms. The van der Waals surface area contributed by atoms with Gasteiger partial charge in [0.05, 0.1) is 5.39 Å². The van der Waals surface area contributed by atoms with Crippen LogP contribution in [0.5, 0.6) is 0 Å². The van der Waals surface area contributed by atoms with Gasteiger partial charge in [-0.15, -0.1) is 11.3 Å². The van der Waals surface area contributed by atoms with Crippen LogP contribution in [0.3, 0.4) is 0 Å². The first kappa shape index (κ1) is 11.1. The largest absolute Gasteiger partial charge is 0.334 e. The summed E-state index contributed by atoms with van der Waals surface area (Å²) in [5.41, 5.74) is 1.10. The van der Waals surface area contributed by atoms with Crippen LogP contribution in [0.2, 0.25) is 0 Å². The van der Waals surface area contributed by atoms with E-state index in [1.807, 2.05) is 6.26 Å². The van der Waals surface area contributed by atoms with Gasteiger partial charge in [0, 0.05) is 4.88 Å². The number of thiophene rings is 1. The number of aryl methyl sites for hydroxylation is 2. The number of thioether (sulfide) groups is 1. The number of hydrogen-bond donors (Lipinski definition) is 1. The summed E-state index contributed by atoms with van der Waals surface area (Å²) in [6, 6.07) is 0. The van der Waals surface area contributed by atoms with Crippen molar-refractivity contribution in [1.29, 1.82) is 0 Å². The van der Waals surface area contributed by atoms with Crippen LogP contribution in [0.1, 0.15) is 23.3 Å². The second-order valence-corrected chi connectivity index (χ2v) is 6.02. The number of nitrogen functional groups attached to an aromatic ring is 1. The van der Waals surface area contributed by atoms with Crippen molar-refractivity contribution in [3.05, 3.63) is 20.8 Å². The van der Waals surface area contributed by atoms with Gasteiger partial charge in [-0.1, -0.05) is 11.8 Å². The molecule has 90 valence electrons. The molecule has 1 aliphatic carbocycles. The third-order valence-electron chi connectivity index (χ3n) is 3.17. The molecule has 0 aromatic carbocycles. The average molecular weight is 267 g/mol. The fourth-order valence-electron chi connectivity index (χ4n) is 2.34. The first-order valence-electron chi connectivity index (χ1n) is 5.58. The van der Waals surface area contributed by atoms with Gasteiger partial charge in [0.25, 0.3) is 5.56 Å². The fourth-order valence-corrected chi connectivity index (χ4v) is 4.11. The highest BCUT2D eigenvalue weighted by molar-refractivity contribution is 7.98. The highest BCUT2D eigenvalue weighted by Gasteiger charge is 2.21. The number of rotatable bonds is 1. The van der Waals surface area contributed by atoms with Crippen molar-refractivity contribution in [2.24, 2.45) is 0 Å². The van der Waals surface area contributed by atoms with E-state index in [0.717, 1.165) is 29.5 Å². The molecule has 0 saturated heterocycles. The van der Waals surface area contributed by atoms with Gasteiger partial charge in [0.1, 0.15) is 4.83 Å². The van der Waals surface area contributed by atoms with E-state index < -0.39 is 0 Å². The van der Waals surface area contributed by atoms with Crippen LogP contribution in [-0.4, -0.2) is 15.9 Å². The van der Waals surface area contributed by atoms with Crippen molar-refractivity contribution in [2.45, 2.75) is 30.8 Å². The Morgan fingerprint density at radius 1 is 1.41 bits per heavy atom. The lowest BCUT2D eigenvalue weighted by Gasteiger charge is -2.10. The number of nitrogens with zero attached hydrogens (tertiary/aromatic N) is 2. The Bertz CT molecular complexity index is 644. The molecule has 0 radical (unpaired) electrons. The molecule has 2 aromatic rings. The van der Waals surface area contributed by atoms with Gasteiger partial charge < -0.3 is 5.84 Å². The molecule has 4 nitrogen and oxygen atoms in total. The molecule has 0 fully saturated rings. The maximum Gasteiger partial charge on any atom is 0.281 e. The first-order valence-corrected chi connectivity index (χ1v) is 7.63. The zero-order valence-electron chi connectivity index (χ0n) is 9.52.